The SMILES string of the molecule is CCCc1nnc(NC(=O)CCC(=O)NCC2CC2)s1. The first-order valence-electron chi connectivity index (χ1n) is 7.06. The predicted molar refractivity (Wildman–Crippen MR) is 77.5 cm³/mol. The maximum atomic E-state index is 11.7. The summed E-state index contributed by atoms with van der Waals surface area (Å²) in [6.07, 6.45) is 4.69. The molecule has 1 aromatic rings. The number of anilines is 1. The maximum Gasteiger partial charge on any atom is 0.226 e. The summed E-state index contributed by atoms with van der Waals surface area (Å²) in [6, 6.07) is 0. The summed E-state index contributed by atoms with van der Waals surface area (Å²) in [4.78, 5) is 23.2. The van der Waals surface area contributed by atoms with Gasteiger partial charge < -0.3 is 10.6 Å². The Morgan fingerprint density at radius 2 is 2.00 bits per heavy atom. The first kappa shape index (κ1) is 14.9. The van der Waals surface area contributed by atoms with Gasteiger partial charge in [-0.25, -0.2) is 0 Å². The fourth-order valence-electron chi connectivity index (χ4n) is 1.70. The summed E-state index contributed by atoms with van der Waals surface area (Å²) >= 11 is 1.39. The number of carbonyl (C=O) groups excluding carboxylic acids is 2. The van der Waals surface area contributed by atoms with Crippen LogP contribution in [0.2, 0.25) is 0 Å². The Balaban J connectivity index is 1.64. The second kappa shape index (κ2) is 7.33. The summed E-state index contributed by atoms with van der Waals surface area (Å²) in [6.45, 7) is 2.82. The zero-order valence-electron chi connectivity index (χ0n) is 11.6. The molecule has 7 heteroatoms. The number of amides is 2. The maximum absolute atomic E-state index is 11.7. The molecule has 0 bridgehead atoms. The van der Waals surface area contributed by atoms with Gasteiger partial charge in [0.15, 0.2) is 0 Å². The lowest BCUT2D eigenvalue weighted by Gasteiger charge is -2.03. The molecule has 1 saturated carbocycles. The fourth-order valence-corrected chi connectivity index (χ4v) is 2.55. The molecule has 0 unspecified atom stereocenters. The number of aryl methyl sites for hydroxylation is 1. The van der Waals surface area contributed by atoms with Gasteiger partial charge in [-0.05, 0) is 25.2 Å². The van der Waals surface area contributed by atoms with Gasteiger partial charge in [-0.3, -0.25) is 9.59 Å². The predicted octanol–water partition coefficient (Wildman–Crippen LogP) is 1.74. The van der Waals surface area contributed by atoms with E-state index >= 15 is 0 Å². The Morgan fingerprint density at radius 3 is 2.70 bits per heavy atom. The third-order valence-corrected chi connectivity index (χ3v) is 3.94. The molecule has 0 aromatic carbocycles. The minimum Gasteiger partial charge on any atom is -0.356 e. The largest absolute Gasteiger partial charge is 0.356 e. The quantitative estimate of drug-likeness (QED) is 0.765. The summed E-state index contributed by atoms with van der Waals surface area (Å²) < 4.78 is 0. The van der Waals surface area contributed by atoms with Gasteiger partial charge in [0.1, 0.15) is 5.01 Å². The first-order chi connectivity index (χ1) is 9.67. The first-order valence-corrected chi connectivity index (χ1v) is 7.88. The highest BCUT2D eigenvalue weighted by Crippen LogP contribution is 2.27. The van der Waals surface area contributed by atoms with Crippen LogP contribution >= 0.6 is 11.3 Å². The van der Waals surface area contributed by atoms with Gasteiger partial charge in [0.2, 0.25) is 16.9 Å². The van der Waals surface area contributed by atoms with Crippen LogP contribution < -0.4 is 10.6 Å². The molecular formula is C13H20N4O2S. The van der Waals surface area contributed by atoms with Crippen LogP contribution in [0.1, 0.15) is 44.0 Å². The molecule has 0 spiro atoms. The van der Waals surface area contributed by atoms with E-state index in [1.54, 1.807) is 0 Å². The Morgan fingerprint density at radius 1 is 1.25 bits per heavy atom. The average Bonchev–Trinajstić information content (AvgIpc) is 3.16. The number of nitrogens with zero attached hydrogens (tertiary/aromatic N) is 2. The number of nitrogens with one attached hydrogen (secondary N) is 2. The average molecular weight is 296 g/mol. The molecule has 0 aliphatic heterocycles. The van der Waals surface area contributed by atoms with Crippen LogP contribution in [0.4, 0.5) is 5.13 Å². The highest BCUT2D eigenvalue weighted by atomic mass is 32.1. The van der Waals surface area contributed by atoms with Crippen molar-refractivity contribution in [2.45, 2.75) is 45.4 Å². The smallest absolute Gasteiger partial charge is 0.226 e. The van der Waals surface area contributed by atoms with E-state index in [-0.39, 0.29) is 24.7 Å². The van der Waals surface area contributed by atoms with Crippen LogP contribution in [-0.2, 0) is 16.0 Å². The lowest BCUT2D eigenvalue weighted by atomic mass is 10.3. The number of hydrogen-bond donors (Lipinski definition) is 2. The zero-order chi connectivity index (χ0) is 14.4. The van der Waals surface area contributed by atoms with Crippen LogP contribution in [0.15, 0.2) is 0 Å². The van der Waals surface area contributed by atoms with Crippen molar-refractivity contribution >= 4 is 28.3 Å². The monoisotopic (exact) mass is 296 g/mol. The van der Waals surface area contributed by atoms with E-state index in [0.29, 0.717) is 11.0 Å². The van der Waals surface area contributed by atoms with E-state index < -0.39 is 0 Å². The van der Waals surface area contributed by atoms with E-state index in [1.807, 2.05) is 0 Å². The molecule has 1 aromatic heterocycles. The molecule has 6 nitrogen and oxygen atoms in total. The molecule has 1 heterocycles. The van der Waals surface area contributed by atoms with Gasteiger partial charge in [0.05, 0.1) is 0 Å². The van der Waals surface area contributed by atoms with Crippen molar-refractivity contribution in [2.75, 3.05) is 11.9 Å². The zero-order valence-corrected chi connectivity index (χ0v) is 12.5. The van der Waals surface area contributed by atoms with Gasteiger partial charge in [-0.1, -0.05) is 18.3 Å². The normalized spacial score (nSPS) is 14.1. The number of rotatable bonds is 8. The number of carbonyl (C=O) groups is 2. The highest BCUT2D eigenvalue weighted by molar-refractivity contribution is 7.15. The summed E-state index contributed by atoms with van der Waals surface area (Å²) in [5.74, 6) is 0.410. The molecule has 0 atom stereocenters. The topological polar surface area (TPSA) is 84.0 Å². The van der Waals surface area contributed by atoms with Crippen molar-refractivity contribution in [2.24, 2.45) is 5.92 Å². The molecule has 1 aliphatic rings. The Labute approximate surface area is 122 Å². The molecule has 0 radical (unpaired) electrons. The van der Waals surface area contributed by atoms with Gasteiger partial charge in [-0.15, -0.1) is 10.2 Å². The minimum absolute atomic E-state index is 0.0593. The van der Waals surface area contributed by atoms with Gasteiger partial charge in [0, 0.05) is 25.8 Å². The molecule has 110 valence electrons. The van der Waals surface area contributed by atoms with Crippen LogP contribution in [0, 0.1) is 5.92 Å². The van der Waals surface area contributed by atoms with Crippen molar-refractivity contribution in [3.63, 3.8) is 0 Å². The van der Waals surface area contributed by atoms with Crippen molar-refractivity contribution in [3.05, 3.63) is 5.01 Å². The summed E-state index contributed by atoms with van der Waals surface area (Å²) in [7, 11) is 0. The van der Waals surface area contributed by atoms with Gasteiger partial charge >= 0.3 is 0 Å². The Kier molecular flexibility index (Phi) is 5.46. The lowest BCUT2D eigenvalue weighted by molar-refractivity contribution is -0.124. The second-order valence-corrected chi connectivity index (χ2v) is 6.11. The Bertz CT molecular complexity index is 471. The fraction of sp³-hybridized carbons (Fsp3) is 0.692. The molecule has 2 amide bonds. The number of aromatic nitrogens is 2. The van der Waals surface area contributed by atoms with E-state index in [1.165, 1.54) is 24.2 Å². The molecule has 2 N–H and O–H groups in total. The van der Waals surface area contributed by atoms with Crippen LogP contribution in [0.25, 0.3) is 0 Å². The standard InChI is InChI=1S/C13H20N4O2S/c1-2-3-12-16-17-13(20-12)15-11(19)7-6-10(18)14-8-9-4-5-9/h9H,2-8H2,1H3,(H,14,18)(H,15,17,19). The molecule has 2 rings (SSSR count). The van der Waals surface area contributed by atoms with E-state index in [4.69, 9.17) is 0 Å². The molecule has 1 aliphatic carbocycles. The van der Waals surface area contributed by atoms with Crippen molar-refractivity contribution in [1.29, 1.82) is 0 Å². The van der Waals surface area contributed by atoms with Crippen LogP contribution in [-0.4, -0.2) is 28.6 Å². The molecular weight excluding hydrogens is 276 g/mol. The second-order valence-electron chi connectivity index (χ2n) is 5.05. The lowest BCUT2D eigenvalue weighted by Crippen LogP contribution is -2.26. The van der Waals surface area contributed by atoms with E-state index in [9.17, 15) is 9.59 Å². The third-order valence-electron chi connectivity index (χ3n) is 3.04. The van der Waals surface area contributed by atoms with E-state index in [2.05, 4.69) is 27.8 Å². The minimum atomic E-state index is -0.189. The van der Waals surface area contributed by atoms with Crippen LogP contribution in [0.3, 0.4) is 0 Å². The third kappa shape index (κ3) is 5.24. The molecule has 1 fully saturated rings. The Hall–Kier alpha value is -1.50. The number of hydrogen-bond acceptors (Lipinski definition) is 5. The molecule has 20 heavy (non-hydrogen) atoms. The van der Waals surface area contributed by atoms with Crippen molar-refractivity contribution in [3.8, 4) is 0 Å². The summed E-state index contributed by atoms with van der Waals surface area (Å²) in [5.41, 5.74) is 0. The van der Waals surface area contributed by atoms with Crippen molar-refractivity contribution < 1.29 is 9.59 Å². The van der Waals surface area contributed by atoms with Crippen molar-refractivity contribution in [1.82, 2.24) is 15.5 Å². The molecule has 0 saturated heterocycles. The highest BCUT2D eigenvalue weighted by Gasteiger charge is 2.21. The van der Waals surface area contributed by atoms with Crippen LogP contribution in [0.5, 0.6) is 0 Å². The van der Waals surface area contributed by atoms with Gasteiger partial charge in [-0.2, -0.15) is 0 Å². The van der Waals surface area contributed by atoms with Gasteiger partial charge in [0.25, 0.3) is 0 Å². The van der Waals surface area contributed by atoms with E-state index in [0.717, 1.165) is 24.4 Å². The summed E-state index contributed by atoms with van der Waals surface area (Å²) in [5, 5.41) is 14.8.